The van der Waals surface area contributed by atoms with Gasteiger partial charge in [-0.3, -0.25) is 48.4 Å². The number of nitrogens with one attached hydrogen (secondary N) is 2. The van der Waals surface area contributed by atoms with Crippen LogP contribution in [0.5, 0.6) is 0 Å². The molecule has 2 N–H and O–H groups in total. The third-order valence-corrected chi connectivity index (χ3v) is 20.3. The molecule has 6 atom stereocenters. The Balaban J connectivity index is 0.000000331. The molecule has 0 aliphatic carbocycles. The third-order valence-electron chi connectivity index (χ3n) is 20.3. The van der Waals surface area contributed by atoms with Crippen LogP contribution >= 0.6 is 0 Å². The second kappa shape index (κ2) is 51.4. The van der Waals surface area contributed by atoms with Crippen LogP contribution in [0.1, 0.15) is 193 Å². The van der Waals surface area contributed by atoms with Gasteiger partial charge in [0.05, 0.1) is 14.2 Å². The number of alkyl carbamates (subject to hydrolysis) is 2. The summed E-state index contributed by atoms with van der Waals surface area (Å²) in [6, 6.07) is 39.3. The summed E-state index contributed by atoms with van der Waals surface area (Å²) >= 11 is 0. The van der Waals surface area contributed by atoms with E-state index in [0.29, 0.717) is 13.1 Å². The van der Waals surface area contributed by atoms with Gasteiger partial charge in [0.15, 0.2) is 0 Å². The van der Waals surface area contributed by atoms with Crippen molar-refractivity contribution < 1.29 is 47.8 Å². The van der Waals surface area contributed by atoms with Crippen LogP contribution in [0.15, 0.2) is 121 Å². The monoisotopic (exact) mass is 1470 g/mol. The molecule has 22 nitrogen and oxygen atoms in total. The molecule has 0 radical (unpaired) electrons. The number of nitrogens with zero attached hydrogens (tertiary/aromatic N) is 10. The SMILES string of the molecule is CCN(C)C(=O)[C@@H](NC(=O)OC)C(C)C.CCN(C)C(=O)[C@@H](NC(=O)OC)C(C)C.CCN(C)C(=O)[C@@H](c1ccccc1)N1CCCCC1.CCN(C)C(=O)[C@@H](c1ccccc1)N1CCCCC1.CCN(C)C(=O)[C@H](c1ccccc1)N1CCCCC1.CCN(C)C(=O)[C@H](c1ccccc1)N1CCCCC1. The van der Waals surface area contributed by atoms with E-state index < -0.39 is 24.3 Å². The maximum atomic E-state index is 12.7. The van der Waals surface area contributed by atoms with Crippen LogP contribution in [0, 0.1) is 11.8 Å². The van der Waals surface area contributed by atoms with E-state index in [1.807, 2.05) is 190 Å². The Hall–Kier alpha value is -7.92. The molecule has 0 unspecified atom stereocenters. The minimum absolute atomic E-state index is 0.0330. The van der Waals surface area contributed by atoms with Gasteiger partial charge in [-0.25, -0.2) is 9.59 Å². The number of ether oxygens (including phenoxy) is 2. The van der Waals surface area contributed by atoms with Crippen molar-refractivity contribution in [2.24, 2.45) is 11.8 Å². The second-order valence-corrected chi connectivity index (χ2v) is 28.5. The fourth-order valence-corrected chi connectivity index (χ4v) is 12.9. The molecule has 106 heavy (non-hydrogen) atoms. The zero-order valence-corrected chi connectivity index (χ0v) is 68.1. The summed E-state index contributed by atoms with van der Waals surface area (Å²) in [6.45, 7) is 31.9. The molecule has 0 aromatic heterocycles. The van der Waals surface area contributed by atoms with Crippen LogP contribution in [-0.2, 0) is 38.2 Å². The summed E-state index contributed by atoms with van der Waals surface area (Å²) in [4.78, 5) is 116. The quantitative estimate of drug-likeness (QED) is 0.0668. The van der Waals surface area contributed by atoms with Gasteiger partial charge in [-0.15, -0.1) is 0 Å². The van der Waals surface area contributed by atoms with E-state index in [2.05, 4.69) is 88.2 Å². The second-order valence-electron chi connectivity index (χ2n) is 28.5. The summed E-state index contributed by atoms with van der Waals surface area (Å²) in [5, 5.41) is 5.06. The third kappa shape index (κ3) is 30.7. The molecule has 0 bridgehead atoms. The van der Waals surface area contributed by atoms with Crippen molar-refractivity contribution in [1.82, 2.24) is 59.6 Å². The first-order valence-electron chi connectivity index (χ1n) is 39.2. The number of rotatable bonds is 24. The molecule has 592 valence electrons. The Labute approximate surface area is 638 Å². The lowest BCUT2D eigenvalue weighted by atomic mass is 10.0. The maximum Gasteiger partial charge on any atom is 0.407 e. The Bertz CT molecular complexity index is 2740. The van der Waals surface area contributed by atoms with E-state index in [9.17, 15) is 38.4 Å². The topological polar surface area (TPSA) is 211 Å². The van der Waals surface area contributed by atoms with Gasteiger partial charge in [-0.2, -0.15) is 0 Å². The number of likely N-dealkylation sites (tertiary alicyclic amines) is 4. The van der Waals surface area contributed by atoms with Gasteiger partial charge in [0.1, 0.15) is 36.3 Å². The zero-order chi connectivity index (χ0) is 78.7. The largest absolute Gasteiger partial charge is 0.453 e. The smallest absolute Gasteiger partial charge is 0.407 e. The number of hydrogen-bond acceptors (Lipinski definition) is 14. The molecule has 8 amide bonds. The molecule has 0 saturated carbocycles. The van der Waals surface area contributed by atoms with Gasteiger partial charge in [-0.05, 0) is 179 Å². The molecule has 4 aliphatic heterocycles. The first-order valence-corrected chi connectivity index (χ1v) is 39.2. The van der Waals surface area contributed by atoms with Gasteiger partial charge in [0, 0.05) is 81.6 Å². The van der Waals surface area contributed by atoms with Crippen LogP contribution in [0.25, 0.3) is 0 Å². The molecule has 4 fully saturated rings. The normalized spacial score (nSPS) is 16.3. The number of hydrogen-bond donors (Lipinski definition) is 2. The molecular formula is C84H136N12O10. The number of piperidine rings is 4. The van der Waals surface area contributed by atoms with Gasteiger partial charge >= 0.3 is 12.2 Å². The van der Waals surface area contributed by atoms with E-state index in [-0.39, 0.29) is 71.4 Å². The number of amides is 8. The van der Waals surface area contributed by atoms with Crippen LogP contribution in [0.2, 0.25) is 0 Å². The minimum Gasteiger partial charge on any atom is -0.453 e. The highest BCUT2D eigenvalue weighted by atomic mass is 16.5. The lowest BCUT2D eigenvalue weighted by molar-refractivity contribution is -0.137. The highest BCUT2D eigenvalue weighted by molar-refractivity contribution is 5.87. The van der Waals surface area contributed by atoms with Crippen molar-refractivity contribution in [2.75, 3.05) is 148 Å². The Morgan fingerprint density at radius 1 is 0.302 bits per heavy atom. The fraction of sp³-hybridized carbons (Fsp3) is 0.619. The fourth-order valence-electron chi connectivity index (χ4n) is 12.9. The minimum atomic E-state index is -0.577. The van der Waals surface area contributed by atoms with E-state index >= 15 is 0 Å². The molecule has 4 saturated heterocycles. The molecule has 22 heteroatoms. The highest BCUT2D eigenvalue weighted by Gasteiger charge is 2.35. The van der Waals surface area contributed by atoms with Crippen LogP contribution in [-0.4, -0.2) is 257 Å². The molecule has 0 spiro atoms. The van der Waals surface area contributed by atoms with Crippen molar-refractivity contribution in [2.45, 2.75) is 183 Å². The lowest BCUT2D eigenvalue weighted by Gasteiger charge is -2.35. The maximum absolute atomic E-state index is 12.7. The predicted octanol–water partition coefficient (Wildman–Crippen LogP) is 12.5. The van der Waals surface area contributed by atoms with Crippen LogP contribution in [0.4, 0.5) is 9.59 Å². The molecule has 8 rings (SSSR count). The average Bonchev–Trinajstić information content (AvgIpc) is 0.864. The van der Waals surface area contributed by atoms with E-state index in [0.717, 1.165) is 101 Å². The average molecular weight is 1470 g/mol. The summed E-state index contributed by atoms with van der Waals surface area (Å²) in [5.74, 6) is 0.740. The number of carbonyl (C=O) groups is 8. The number of methoxy groups -OCH3 is 2. The molecule has 4 heterocycles. The first-order chi connectivity index (χ1) is 50.8. The van der Waals surface area contributed by atoms with Crippen molar-refractivity contribution in [3.05, 3.63) is 144 Å². The van der Waals surface area contributed by atoms with Gasteiger partial charge in [-0.1, -0.05) is 175 Å². The Kier molecular flexibility index (Phi) is 44.7. The number of likely N-dealkylation sites (N-methyl/N-ethyl adjacent to an activating group) is 6. The van der Waals surface area contributed by atoms with Crippen LogP contribution in [0.3, 0.4) is 0 Å². The van der Waals surface area contributed by atoms with Gasteiger partial charge < -0.3 is 49.5 Å². The molecule has 4 aromatic carbocycles. The molecule has 4 aromatic rings. The zero-order valence-electron chi connectivity index (χ0n) is 68.1. The predicted molar refractivity (Wildman–Crippen MR) is 427 cm³/mol. The summed E-state index contributed by atoms with van der Waals surface area (Å²) in [6.07, 6.45) is 13.6. The molecule has 4 aliphatic rings. The summed E-state index contributed by atoms with van der Waals surface area (Å²) in [7, 11) is 13.5. The Morgan fingerprint density at radius 2 is 0.472 bits per heavy atom. The standard InChI is InChI=1S/4C16H24N2O.2C10H20N2O3/c4*1-3-17(2)16(19)15(14-10-6-4-7-11-14)18-12-8-5-9-13-18;2*1-6-12(4)9(13)8(7(2)3)11-10(14)15-5/h4*4,6-7,10-11,15H,3,5,8-9,12-13H2,1-2H3;2*7-8H,6H2,1-5H3,(H,11,14)/t4*15-;2*8-/m110000/s1. The summed E-state index contributed by atoms with van der Waals surface area (Å²) in [5.41, 5.74) is 4.48. The van der Waals surface area contributed by atoms with E-state index in [1.54, 1.807) is 23.9 Å². The van der Waals surface area contributed by atoms with Gasteiger partial charge in [0.2, 0.25) is 35.4 Å². The number of benzene rings is 4. The lowest BCUT2D eigenvalue weighted by Crippen LogP contribution is -2.50. The van der Waals surface area contributed by atoms with E-state index in [1.165, 1.54) is 91.3 Å². The molecular weight excluding hydrogens is 1340 g/mol. The first kappa shape index (κ1) is 92.3. The van der Waals surface area contributed by atoms with Crippen molar-refractivity contribution in [1.29, 1.82) is 0 Å². The van der Waals surface area contributed by atoms with Crippen molar-refractivity contribution in [3.8, 4) is 0 Å². The van der Waals surface area contributed by atoms with Crippen molar-refractivity contribution in [3.63, 3.8) is 0 Å². The van der Waals surface area contributed by atoms with E-state index in [4.69, 9.17) is 0 Å². The van der Waals surface area contributed by atoms with Crippen molar-refractivity contribution >= 4 is 47.6 Å². The Morgan fingerprint density at radius 3 is 0.623 bits per heavy atom. The van der Waals surface area contributed by atoms with Crippen LogP contribution < -0.4 is 10.6 Å². The highest BCUT2D eigenvalue weighted by Crippen LogP contribution is 2.31. The van der Waals surface area contributed by atoms with Gasteiger partial charge in [0.25, 0.3) is 0 Å². The summed E-state index contributed by atoms with van der Waals surface area (Å²) < 4.78 is 8.95. The number of carbonyl (C=O) groups excluding carboxylic acids is 8.